The molecule has 2 aromatic carbocycles. The SMILES string of the molecule is Cc1cc(C)c(N2CCN(C(=O)NCCc3c[nH]c4ccccc34)CC2)c(C)c1. The van der Waals surface area contributed by atoms with Crippen LogP contribution in [0.2, 0.25) is 0 Å². The fourth-order valence-corrected chi connectivity index (χ4v) is 4.56. The van der Waals surface area contributed by atoms with Crippen molar-refractivity contribution in [1.29, 1.82) is 0 Å². The molecule has 2 heterocycles. The molecule has 2 amide bonds. The van der Waals surface area contributed by atoms with Gasteiger partial charge in [-0.25, -0.2) is 4.79 Å². The number of aromatic nitrogens is 1. The van der Waals surface area contributed by atoms with Crippen LogP contribution in [-0.2, 0) is 6.42 Å². The van der Waals surface area contributed by atoms with E-state index in [1.54, 1.807) is 0 Å². The number of carbonyl (C=O) groups is 1. The molecule has 1 aliphatic heterocycles. The van der Waals surface area contributed by atoms with E-state index in [9.17, 15) is 4.79 Å². The molecule has 0 bridgehead atoms. The zero-order valence-corrected chi connectivity index (χ0v) is 17.6. The highest BCUT2D eigenvalue weighted by molar-refractivity contribution is 5.83. The van der Waals surface area contributed by atoms with Gasteiger partial charge in [-0.1, -0.05) is 35.9 Å². The first kappa shape index (κ1) is 19.4. The number of piperazine rings is 1. The molecular formula is C24H30N4O. The van der Waals surface area contributed by atoms with Crippen molar-refractivity contribution in [3.05, 3.63) is 64.8 Å². The van der Waals surface area contributed by atoms with Crippen molar-refractivity contribution in [2.24, 2.45) is 0 Å². The molecular weight excluding hydrogens is 360 g/mol. The Kier molecular flexibility index (Phi) is 5.47. The normalized spacial score (nSPS) is 14.4. The van der Waals surface area contributed by atoms with Crippen LogP contribution < -0.4 is 10.2 Å². The topological polar surface area (TPSA) is 51.4 Å². The lowest BCUT2D eigenvalue weighted by atomic mass is 10.0. The van der Waals surface area contributed by atoms with Gasteiger partial charge < -0.3 is 20.1 Å². The number of benzene rings is 2. The van der Waals surface area contributed by atoms with E-state index in [2.05, 4.69) is 66.3 Å². The van der Waals surface area contributed by atoms with Crippen LogP contribution in [0.5, 0.6) is 0 Å². The van der Waals surface area contributed by atoms with Gasteiger partial charge >= 0.3 is 6.03 Å². The van der Waals surface area contributed by atoms with E-state index < -0.39 is 0 Å². The number of nitrogens with zero attached hydrogens (tertiary/aromatic N) is 2. The number of aromatic amines is 1. The number of H-pyrrole nitrogens is 1. The van der Waals surface area contributed by atoms with Crippen molar-refractivity contribution in [2.45, 2.75) is 27.2 Å². The Morgan fingerprint density at radius 2 is 1.72 bits per heavy atom. The second kappa shape index (κ2) is 8.19. The molecule has 1 aromatic heterocycles. The molecule has 5 heteroatoms. The lowest BCUT2D eigenvalue weighted by Crippen LogP contribution is -2.52. The van der Waals surface area contributed by atoms with Crippen LogP contribution in [0.4, 0.5) is 10.5 Å². The summed E-state index contributed by atoms with van der Waals surface area (Å²) in [5.41, 5.74) is 7.66. The quantitative estimate of drug-likeness (QED) is 0.703. The summed E-state index contributed by atoms with van der Waals surface area (Å²) in [4.78, 5) is 20.2. The van der Waals surface area contributed by atoms with Gasteiger partial charge in [0.25, 0.3) is 0 Å². The first-order chi connectivity index (χ1) is 14.0. The molecule has 1 fully saturated rings. The first-order valence-corrected chi connectivity index (χ1v) is 10.4. The standard InChI is InChI=1S/C24H30N4O/c1-17-14-18(2)23(19(3)15-17)27-10-12-28(13-11-27)24(29)25-9-8-20-16-26-22-7-5-4-6-21(20)22/h4-7,14-16,26H,8-13H2,1-3H3,(H,25,29). The predicted molar refractivity (Wildman–Crippen MR) is 120 cm³/mol. The summed E-state index contributed by atoms with van der Waals surface area (Å²) in [7, 11) is 0. The van der Waals surface area contributed by atoms with Crippen LogP contribution >= 0.6 is 0 Å². The Morgan fingerprint density at radius 1 is 1.03 bits per heavy atom. The van der Waals surface area contributed by atoms with E-state index in [-0.39, 0.29) is 6.03 Å². The van der Waals surface area contributed by atoms with Crippen molar-refractivity contribution in [3.63, 3.8) is 0 Å². The van der Waals surface area contributed by atoms with Gasteiger partial charge in [0.1, 0.15) is 0 Å². The lowest BCUT2D eigenvalue weighted by Gasteiger charge is -2.37. The maximum Gasteiger partial charge on any atom is 0.317 e. The molecule has 29 heavy (non-hydrogen) atoms. The van der Waals surface area contributed by atoms with Gasteiger partial charge in [-0.15, -0.1) is 0 Å². The Bertz CT molecular complexity index is 992. The third kappa shape index (κ3) is 4.09. The van der Waals surface area contributed by atoms with Crippen LogP contribution in [0.3, 0.4) is 0 Å². The van der Waals surface area contributed by atoms with Crippen LogP contribution in [-0.4, -0.2) is 48.6 Å². The second-order valence-electron chi connectivity index (χ2n) is 8.06. The average Bonchev–Trinajstić information content (AvgIpc) is 3.11. The molecule has 0 atom stereocenters. The summed E-state index contributed by atoms with van der Waals surface area (Å²) >= 11 is 0. The van der Waals surface area contributed by atoms with Crippen LogP contribution in [0, 0.1) is 20.8 Å². The van der Waals surface area contributed by atoms with Crippen LogP contribution in [0.15, 0.2) is 42.6 Å². The van der Waals surface area contributed by atoms with Gasteiger partial charge in [0.2, 0.25) is 0 Å². The van der Waals surface area contributed by atoms with Crippen molar-refractivity contribution < 1.29 is 4.79 Å². The predicted octanol–water partition coefficient (Wildman–Crippen LogP) is 4.17. The highest BCUT2D eigenvalue weighted by Crippen LogP contribution is 2.27. The van der Waals surface area contributed by atoms with Crippen molar-refractivity contribution in [3.8, 4) is 0 Å². The molecule has 0 radical (unpaired) electrons. The maximum atomic E-state index is 12.6. The zero-order valence-electron chi connectivity index (χ0n) is 17.6. The summed E-state index contributed by atoms with van der Waals surface area (Å²) in [5.74, 6) is 0. The number of aryl methyl sites for hydroxylation is 3. The molecule has 0 saturated carbocycles. The number of rotatable bonds is 4. The number of para-hydroxylation sites is 1. The minimum absolute atomic E-state index is 0.0434. The van der Waals surface area contributed by atoms with Crippen LogP contribution in [0.1, 0.15) is 22.3 Å². The van der Waals surface area contributed by atoms with Crippen molar-refractivity contribution in [2.75, 3.05) is 37.6 Å². The van der Waals surface area contributed by atoms with E-state index >= 15 is 0 Å². The molecule has 4 rings (SSSR count). The number of urea groups is 1. The number of anilines is 1. The second-order valence-corrected chi connectivity index (χ2v) is 8.06. The molecule has 2 N–H and O–H groups in total. The number of carbonyl (C=O) groups excluding carboxylic acids is 1. The Morgan fingerprint density at radius 3 is 2.45 bits per heavy atom. The summed E-state index contributed by atoms with van der Waals surface area (Å²) in [6, 6.07) is 12.8. The van der Waals surface area contributed by atoms with Gasteiger partial charge in [-0.3, -0.25) is 0 Å². The minimum Gasteiger partial charge on any atom is -0.368 e. The Labute approximate surface area is 172 Å². The summed E-state index contributed by atoms with van der Waals surface area (Å²) in [6.07, 6.45) is 2.87. The molecule has 152 valence electrons. The minimum atomic E-state index is 0.0434. The van der Waals surface area contributed by atoms with Gasteiger partial charge in [-0.05, 0) is 49.9 Å². The molecule has 0 aliphatic carbocycles. The maximum absolute atomic E-state index is 12.6. The molecule has 1 saturated heterocycles. The summed E-state index contributed by atoms with van der Waals surface area (Å²) < 4.78 is 0. The summed E-state index contributed by atoms with van der Waals surface area (Å²) in [5, 5.41) is 4.33. The van der Waals surface area contributed by atoms with Gasteiger partial charge in [0, 0.05) is 55.5 Å². The van der Waals surface area contributed by atoms with E-state index in [1.165, 1.54) is 33.3 Å². The molecule has 5 nitrogen and oxygen atoms in total. The van der Waals surface area contributed by atoms with Crippen LogP contribution in [0.25, 0.3) is 10.9 Å². The fourth-order valence-electron chi connectivity index (χ4n) is 4.56. The van der Waals surface area contributed by atoms with E-state index in [4.69, 9.17) is 0 Å². The monoisotopic (exact) mass is 390 g/mol. The smallest absolute Gasteiger partial charge is 0.317 e. The lowest BCUT2D eigenvalue weighted by molar-refractivity contribution is 0.194. The first-order valence-electron chi connectivity index (χ1n) is 10.4. The number of hydrogen-bond donors (Lipinski definition) is 2. The molecule has 0 spiro atoms. The number of nitrogens with one attached hydrogen (secondary N) is 2. The van der Waals surface area contributed by atoms with Crippen molar-refractivity contribution in [1.82, 2.24) is 15.2 Å². The van der Waals surface area contributed by atoms with E-state index in [1.807, 2.05) is 17.2 Å². The Hall–Kier alpha value is -2.95. The highest BCUT2D eigenvalue weighted by Gasteiger charge is 2.23. The third-order valence-corrected chi connectivity index (χ3v) is 5.86. The number of amides is 2. The number of fused-ring (bicyclic) bond motifs is 1. The van der Waals surface area contributed by atoms with Gasteiger partial charge in [0.15, 0.2) is 0 Å². The Balaban J connectivity index is 1.29. The molecule has 3 aromatic rings. The van der Waals surface area contributed by atoms with Crippen molar-refractivity contribution >= 4 is 22.6 Å². The van der Waals surface area contributed by atoms with E-state index in [0.717, 1.165) is 38.1 Å². The van der Waals surface area contributed by atoms with E-state index in [0.29, 0.717) is 6.54 Å². The van der Waals surface area contributed by atoms with Gasteiger partial charge in [0.05, 0.1) is 0 Å². The third-order valence-electron chi connectivity index (χ3n) is 5.86. The number of hydrogen-bond acceptors (Lipinski definition) is 2. The highest BCUT2D eigenvalue weighted by atomic mass is 16.2. The fraction of sp³-hybridized carbons (Fsp3) is 0.375. The van der Waals surface area contributed by atoms with Gasteiger partial charge in [-0.2, -0.15) is 0 Å². The zero-order chi connectivity index (χ0) is 20.4. The largest absolute Gasteiger partial charge is 0.368 e. The molecule has 1 aliphatic rings. The summed E-state index contributed by atoms with van der Waals surface area (Å²) in [6.45, 7) is 10.4. The average molecular weight is 391 g/mol. The molecule has 0 unspecified atom stereocenters.